The molecule has 4 unspecified atom stereocenters. The van der Waals surface area contributed by atoms with E-state index in [1.54, 1.807) is 18.1 Å². The van der Waals surface area contributed by atoms with Crippen molar-refractivity contribution in [2.45, 2.75) is 61.2 Å². The van der Waals surface area contributed by atoms with Gasteiger partial charge in [-0.3, -0.25) is 0 Å². The number of hydrogen-bond acceptors (Lipinski definition) is 2. The molecule has 0 spiro atoms. The summed E-state index contributed by atoms with van der Waals surface area (Å²) < 4.78 is 5.46. The van der Waals surface area contributed by atoms with Crippen molar-refractivity contribution in [1.82, 2.24) is 0 Å². The summed E-state index contributed by atoms with van der Waals surface area (Å²) in [5.74, 6) is 1.38. The Morgan fingerprint density at radius 2 is 1.95 bits per heavy atom. The van der Waals surface area contributed by atoms with Gasteiger partial charge in [0.2, 0.25) is 0 Å². The molecule has 22 heavy (non-hydrogen) atoms. The lowest BCUT2D eigenvalue weighted by Gasteiger charge is -2.45. The van der Waals surface area contributed by atoms with Gasteiger partial charge in [-0.25, -0.2) is 0 Å². The number of ether oxygens (including phenoxy) is 1. The zero-order valence-corrected chi connectivity index (χ0v) is 15.2. The SMILES string of the molecule is CC1=CCC(C)C2=C1C(C)C=C(C(C)COC(C)O)C2(C)C. The maximum atomic E-state index is 9.39. The Morgan fingerprint density at radius 3 is 2.55 bits per heavy atom. The third-order valence-corrected chi connectivity index (χ3v) is 5.38. The van der Waals surface area contributed by atoms with Crippen LogP contribution in [0.2, 0.25) is 0 Å². The highest BCUT2D eigenvalue weighted by Crippen LogP contribution is 2.52. The van der Waals surface area contributed by atoms with E-state index in [0.29, 0.717) is 24.4 Å². The molecule has 124 valence electrons. The number of aliphatic hydroxyl groups is 1. The van der Waals surface area contributed by atoms with Crippen molar-refractivity contribution < 1.29 is 9.84 Å². The third-order valence-electron chi connectivity index (χ3n) is 5.38. The van der Waals surface area contributed by atoms with Gasteiger partial charge in [-0.05, 0) is 37.7 Å². The van der Waals surface area contributed by atoms with Gasteiger partial charge >= 0.3 is 0 Å². The minimum Gasteiger partial charge on any atom is -0.368 e. The van der Waals surface area contributed by atoms with Crippen LogP contribution in [0.25, 0.3) is 0 Å². The molecule has 0 saturated heterocycles. The van der Waals surface area contributed by atoms with E-state index in [9.17, 15) is 5.11 Å². The second kappa shape index (κ2) is 6.33. The molecule has 4 atom stereocenters. The standard InChI is InChI=1S/C20H32O2/c1-12-8-9-13(2)19-18(12)14(3)10-17(20(19,6)7)15(4)11-22-16(5)21/h8,10,13-16,21H,9,11H2,1-7H3. The van der Waals surface area contributed by atoms with Crippen LogP contribution < -0.4 is 0 Å². The summed E-state index contributed by atoms with van der Waals surface area (Å²) in [5.41, 5.74) is 6.15. The minimum atomic E-state index is -0.694. The van der Waals surface area contributed by atoms with Gasteiger partial charge in [-0.1, -0.05) is 63.5 Å². The zero-order chi connectivity index (χ0) is 16.7. The van der Waals surface area contributed by atoms with Crippen LogP contribution in [0.1, 0.15) is 54.9 Å². The van der Waals surface area contributed by atoms with E-state index in [1.165, 1.54) is 11.1 Å². The molecule has 0 fully saturated rings. The molecule has 0 bridgehead atoms. The number of allylic oxidation sites excluding steroid dienone is 5. The Kier molecular flexibility index (Phi) is 5.03. The summed E-state index contributed by atoms with van der Waals surface area (Å²) in [6, 6.07) is 0. The fraction of sp³-hybridized carbons (Fsp3) is 0.700. The fourth-order valence-electron chi connectivity index (χ4n) is 4.49. The Labute approximate surface area is 136 Å². The Hall–Kier alpha value is -0.860. The first-order chi connectivity index (χ1) is 10.2. The summed E-state index contributed by atoms with van der Waals surface area (Å²) >= 11 is 0. The molecule has 0 aromatic heterocycles. The van der Waals surface area contributed by atoms with Gasteiger partial charge in [0.05, 0.1) is 6.61 Å². The van der Waals surface area contributed by atoms with E-state index >= 15 is 0 Å². The second-order valence-electron chi connectivity index (χ2n) is 7.72. The molecule has 2 nitrogen and oxygen atoms in total. The Morgan fingerprint density at radius 1 is 1.32 bits per heavy atom. The largest absolute Gasteiger partial charge is 0.368 e. The molecule has 2 heteroatoms. The highest BCUT2D eigenvalue weighted by Gasteiger charge is 2.40. The predicted octanol–water partition coefficient (Wildman–Crippen LogP) is 4.86. The first-order valence-electron chi connectivity index (χ1n) is 8.59. The maximum Gasteiger partial charge on any atom is 0.151 e. The summed E-state index contributed by atoms with van der Waals surface area (Å²) in [6.45, 7) is 16.1. The number of aliphatic hydroxyl groups excluding tert-OH is 1. The van der Waals surface area contributed by atoms with Crippen LogP contribution in [-0.2, 0) is 4.74 Å². The van der Waals surface area contributed by atoms with E-state index in [-0.39, 0.29) is 5.41 Å². The molecule has 2 aliphatic carbocycles. The molecule has 2 rings (SSSR count). The fourth-order valence-corrected chi connectivity index (χ4v) is 4.49. The molecule has 0 aliphatic heterocycles. The maximum absolute atomic E-state index is 9.39. The molecule has 0 heterocycles. The van der Waals surface area contributed by atoms with E-state index in [4.69, 9.17) is 4.74 Å². The lowest BCUT2D eigenvalue weighted by Crippen LogP contribution is -2.34. The minimum absolute atomic E-state index is 0.0677. The van der Waals surface area contributed by atoms with Gasteiger partial charge in [0.1, 0.15) is 0 Å². The molecule has 1 N–H and O–H groups in total. The van der Waals surface area contributed by atoms with Gasteiger partial charge in [-0.15, -0.1) is 0 Å². The van der Waals surface area contributed by atoms with E-state index < -0.39 is 6.29 Å². The van der Waals surface area contributed by atoms with Crippen molar-refractivity contribution >= 4 is 0 Å². The Bertz CT molecular complexity index is 520. The van der Waals surface area contributed by atoms with E-state index in [1.807, 2.05) is 0 Å². The first kappa shape index (κ1) is 17.5. The molecular formula is C20H32O2. The highest BCUT2D eigenvalue weighted by molar-refractivity contribution is 5.51. The van der Waals surface area contributed by atoms with Crippen molar-refractivity contribution in [3.63, 3.8) is 0 Å². The Balaban J connectivity index is 2.36. The zero-order valence-electron chi connectivity index (χ0n) is 15.2. The van der Waals surface area contributed by atoms with Crippen molar-refractivity contribution in [2.75, 3.05) is 6.61 Å². The number of hydrogen-bond donors (Lipinski definition) is 1. The number of rotatable bonds is 4. The van der Waals surface area contributed by atoms with Gasteiger partial charge in [0.25, 0.3) is 0 Å². The van der Waals surface area contributed by atoms with Crippen LogP contribution in [0.5, 0.6) is 0 Å². The van der Waals surface area contributed by atoms with Crippen LogP contribution >= 0.6 is 0 Å². The summed E-state index contributed by atoms with van der Waals surface area (Å²) in [4.78, 5) is 0. The van der Waals surface area contributed by atoms with Crippen LogP contribution in [0.3, 0.4) is 0 Å². The van der Waals surface area contributed by atoms with Gasteiger partial charge < -0.3 is 9.84 Å². The topological polar surface area (TPSA) is 29.5 Å². The lowest BCUT2D eigenvalue weighted by molar-refractivity contribution is -0.0927. The van der Waals surface area contributed by atoms with Crippen LogP contribution in [0.15, 0.2) is 34.4 Å². The van der Waals surface area contributed by atoms with Crippen molar-refractivity contribution in [1.29, 1.82) is 0 Å². The lowest BCUT2D eigenvalue weighted by atomic mass is 9.59. The molecular weight excluding hydrogens is 272 g/mol. The summed E-state index contributed by atoms with van der Waals surface area (Å²) in [5, 5.41) is 9.39. The average molecular weight is 304 g/mol. The molecule has 2 aliphatic rings. The van der Waals surface area contributed by atoms with E-state index in [2.05, 4.69) is 53.7 Å². The van der Waals surface area contributed by atoms with Gasteiger partial charge in [0.15, 0.2) is 6.29 Å². The third kappa shape index (κ3) is 3.09. The normalized spacial score (nSPS) is 30.4. The summed E-state index contributed by atoms with van der Waals surface area (Å²) in [7, 11) is 0. The van der Waals surface area contributed by atoms with Crippen molar-refractivity contribution in [3.8, 4) is 0 Å². The van der Waals surface area contributed by atoms with Crippen molar-refractivity contribution in [2.24, 2.45) is 23.2 Å². The van der Waals surface area contributed by atoms with E-state index in [0.717, 1.165) is 6.42 Å². The van der Waals surface area contributed by atoms with Gasteiger partial charge in [-0.2, -0.15) is 0 Å². The van der Waals surface area contributed by atoms with Gasteiger partial charge in [0, 0.05) is 11.3 Å². The smallest absolute Gasteiger partial charge is 0.151 e. The first-order valence-corrected chi connectivity index (χ1v) is 8.59. The molecule has 0 aromatic rings. The van der Waals surface area contributed by atoms with Crippen LogP contribution in [0.4, 0.5) is 0 Å². The summed E-state index contributed by atoms with van der Waals surface area (Å²) in [6.07, 6.45) is 5.28. The second-order valence-corrected chi connectivity index (χ2v) is 7.72. The highest BCUT2D eigenvalue weighted by atomic mass is 16.6. The average Bonchev–Trinajstić information content (AvgIpc) is 2.42. The molecule has 0 saturated carbocycles. The quantitative estimate of drug-likeness (QED) is 0.593. The molecule has 0 amide bonds. The molecule has 0 radical (unpaired) electrons. The van der Waals surface area contributed by atoms with Crippen LogP contribution in [-0.4, -0.2) is 18.0 Å². The molecule has 0 aromatic carbocycles. The monoisotopic (exact) mass is 304 g/mol. The van der Waals surface area contributed by atoms with Crippen LogP contribution in [0, 0.1) is 23.2 Å². The predicted molar refractivity (Wildman–Crippen MR) is 92.4 cm³/mol. The van der Waals surface area contributed by atoms with Crippen molar-refractivity contribution in [3.05, 3.63) is 34.4 Å².